The second-order valence-electron chi connectivity index (χ2n) is 3.61. The van der Waals surface area contributed by atoms with Crippen LogP contribution in [0.15, 0.2) is 36.1 Å². The number of carbonyl (C=O) groups is 1. The van der Waals surface area contributed by atoms with E-state index < -0.39 is 0 Å². The molecule has 0 radical (unpaired) electrons. The van der Waals surface area contributed by atoms with Gasteiger partial charge in [0.25, 0.3) is 0 Å². The number of carbonyl (C=O) groups excluding carboxylic acids is 1. The molecule has 1 atom stereocenters. The second kappa shape index (κ2) is 5.68. The van der Waals surface area contributed by atoms with Crippen molar-refractivity contribution in [3.8, 4) is 0 Å². The van der Waals surface area contributed by atoms with Gasteiger partial charge in [0.05, 0.1) is 5.76 Å². The molecular weight excluding hydrogens is 226 g/mol. The first kappa shape index (κ1) is 12.7. The highest BCUT2D eigenvalue weighted by Crippen LogP contribution is 2.20. The Morgan fingerprint density at radius 3 is 2.88 bits per heavy atom. The van der Waals surface area contributed by atoms with E-state index >= 15 is 0 Å². The van der Waals surface area contributed by atoms with Crippen LogP contribution < -0.4 is 5.73 Å². The summed E-state index contributed by atoms with van der Waals surface area (Å²) >= 11 is 5.82. The molecule has 1 rings (SSSR count). The average molecular weight is 240 g/mol. The lowest BCUT2D eigenvalue weighted by molar-refractivity contribution is -0.112. The third-order valence-corrected chi connectivity index (χ3v) is 2.31. The maximum absolute atomic E-state index is 10.7. The molecule has 0 aliphatic heterocycles. The molecule has 1 aromatic rings. The van der Waals surface area contributed by atoms with Gasteiger partial charge in [0.15, 0.2) is 5.78 Å². The number of hydrogen-bond acceptors (Lipinski definition) is 3. The van der Waals surface area contributed by atoms with E-state index in [1.165, 1.54) is 13.0 Å². The maximum Gasteiger partial charge on any atom is 0.155 e. The van der Waals surface area contributed by atoms with Gasteiger partial charge in [-0.3, -0.25) is 4.79 Å². The van der Waals surface area contributed by atoms with Crippen molar-refractivity contribution in [3.05, 3.63) is 46.7 Å². The Labute approximate surface area is 99.5 Å². The lowest BCUT2D eigenvalue weighted by Crippen LogP contribution is -2.11. The highest BCUT2D eigenvalue weighted by atomic mass is 35.5. The SMILES string of the molecule is CC(=O)C=C(O)CC(N)c1cccc(Cl)c1. The summed E-state index contributed by atoms with van der Waals surface area (Å²) in [5.41, 5.74) is 6.70. The van der Waals surface area contributed by atoms with E-state index in [4.69, 9.17) is 17.3 Å². The van der Waals surface area contributed by atoms with Gasteiger partial charge in [0.1, 0.15) is 0 Å². The van der Waals surface area contributed by atoms with Gasteiger partial charge in [-0.15, -0.1) is 0 Å². The molecule has 3 nitrogen and oxygen atoms in total. The van der Waals surface area contributed by atoms with Crippen molar-refractivity contribution in [2.45, 2.75) is 19.4 Å². The Balaban J connectivity index is 2.72. The Kier molecular flexibility index (Phi) is 4.52. The van der Waals surface area contributed by atoms with Crippen LogP contribution >= 0.6 is 11.6 Å². The molecule has 0 heterocycles. The number of nitrogens with two attached hydrogens (primary N) is 1. The third-order valence-electron chi connectivity index (χ3n) is 2.08. The first-order chi connectivity index (χ1) is 7.49. The predicted molar refractivity (Wildman–Crippen MR) is 64.4 cm³/mol. The quantitative estimate of drug-likeness (QED) is 0.627. The van der Waals surface area contributed by atoms with Gasteiger partial charge < -0.3 is 10.8 Å². The highest BCUT2D eigenvalue weighted by molar-refractivity contribution is 6.30. The lowest BCUT2D eigenvalue weighted by Gasteiger charge is -2.11. The summed E-state index contributed by atoms with van der Waals surface area (Å²) < 4.78 is 0. The highest BCUT2D eigenvalue weighted by Gasteiger charge is 2.09. The first-order valence-electron chi connectivity index (χ1n) is 4.90. The molecule has 0 bridgehead atoms. The maximum atomic E-state index is 10.7. The van der Waals surface area contributed by atoms with E-state index in [0.717, 1.165) is 5.56 Å². The summed E-state index contributed by atoms with van der Waals surface area (Å²) in [6.07, 6.45) is 1.39. The van der Waals surface area contributed by atoms with E-state index in [1.54, 1.807) is 18.2 Å². The molecule has 1 aromatic carbocycles. The monoisotopic (exact) mass is 239 g/mol. The van der Waals surface area contributed by atoms with Crippen molar-refractivity contribution >= 4 is 17.4 Å². The molecular formula is C12H14ClNO2. The lowest BCUT2D eigenvalue weighted by atomic mass is 10.0. The number of hydrogen-bond donors (Lipinski definition) is 2. The molecule has 1 unspecified atom stereocenters. The summed E-state index contributed by atoms with van der Waals surface area (Å²) in [5, 5.41) is 10.0. The fourth-order valence-corrected chi connectivity index (χ4v) is 1.57. The van der Waals surface area contributed by atoms with Crippen molar-refractivity contribution in [3.63, 3.8) is 0 Å². The van der Waals surface area contributed by atoms with E-state index in [-0.39, 0.29) is 24.0 Å². The molecule has 0 fully saturated rings. The van der Waals surface area contributed by atoms with Crippen LogP contribution in [0.25, 0.3) is 0 Å². The third kappa shape index (κ3) is 4.04. The normalized spacial score (nSPS) is 13.6. The van der Waals surface area contributed by atoms with E-state index in [1.807, 2.05) is 6.07 Å². The molecule has 0 aliphatic carbocycles. The molecule has 0 amide bonds. The van der Waals surface area contributed by atoms with Crippen molar-refractivity contribution in [1.82, 2.24) is 0 Å². The Hall–Kier alpha value is -1.32. The van der Waals surface area contributed by atoms with Gasteiger partial charge in [-0.05, 0) is 24.6 Å². The molecule has 86 valence electrons. The fraction of sp³-hybridized carbons (Fsp3) is 0.250. The summed E-state index contributed by atoms with van der Waals surface area (Å²) in [6, 6.07) is 6.76. The summed E-state index contributed by atoms with van der Waals surface area (Å²) in [7, 11) is 0. The van der Waals surface area contributed by atoms with E-state index in [0.29, 0.717) is 5.02 Å². The van der Waals surface area contributed by atoms with Crippen LogP contribution in [0.4, 0.5) is 0 Å². The number of allylic oxidation sites excluding steroid dienone is 1. The number of rotatable bonds is 4. The summed E-state index contributed by atoms with van der Waals surface area (Å²) in [4.78, 5) is 10.7. The molecule has 0 saturated heterocycles. The van der Waals surface area contributed by atoms with Gasteiger partial charge in [-0.25, -0.2) is 0 Å². The van der Waals surface area contributed by atoms with Crippen LogP contribution in [-0.4, -0.2) is 10.9 Å². The predicted octanol–water partition coefficient (Wildman–Crippen LogP) is 2.76. The minimum absolute atomic E-state index is 0.0139. The van der Waals surface area contributed by atoms with Crippen LogP contribution in [0.2, 0.25) is 5.02 Å². The number of benzene rings is 1. The molecule has 4 heteroatoms. The topological polar surface area (TPSA) is 63.3 Å². The Bertz CT molecular complexity index is 415. The van der Waals surface area contributed by atoms with E-state index in [2.05, 4.69) is 0 Å². The molecule has 16 heavy (non-hydrogen) atoms. The van der Waals surface area contributed by atoms with Gasteiger partial charge in [-0.1, -0.05) is 23.7 Å². The van der Waals surface area contributed by atoms with Gasteiger partial charge >= 0.3 is 0 Å². The standard InChI is InChI=1S/C12H14ClNO2/c1-8(15)5-11(16)7-12(14)9-3-2-4-10(13)6-9/h2-6,12,16H,7,14H2,1H3. The zero-order valence-electron chi connectivity index (χ0n) is 8.98. The first-order valence-corrected chi connectivity index (χ1v) is 5.28. The van der Waals surface area contributed by atoms with Gasteiger partial charge in [0, 0.05) is 23.6 Å². The van der Waals surface area contributed by atoms with E-state index in [9.17, 15) is 9.90 Å². The zero-order chi connectivity index (χ0) is 12.1. The minimum Gasteiger partial charge on any atom is -0.512 e. The van der Waals surface area contributed by atoms with Crippen LogP contribution in [0.1, 0.15) is 24.9 Å². The van der Waals surface area contributed by atoms with Crippen LogP contribution in [0.5, 0.6) is 0 Å². The van der Waals surface area contributed by atoms with Crippen molar-refractivity contribution in [2.24, 2.45) is 5.73 Å². The molecule has 0 aliphatic rings. The smallest absolute Gasteiger partial charge is 0.155 e. The van der Waals surface area contributed by atoms with Crippen LogP contribution in [0.3, 0.4) is 0 Å². The van der Waals surface area contributed by atoms with Crippen LogP contribution in [0, 0.1) is 0 Å². The number of aliphatic hydroxyl groups excluding tert-OH is 1. The van der Waals surface area contributed by atoms with Crippen molar-refractivity contribution in [2.75, 3.05) is 0 Å². The number of ketones is 1. The second-order valence-corrected chi connectivity index (χ2v) is 4.05. The Morgan fingerprint density at radius 1 is 1.62 bits per heavy atom. The van der Waals surface area contributed by atoms with Crippen molar-refractivity contribution in [1.29, 1.82) is 0 Å². The van der Waals surface area contributed by atoms with Gasteiger partial charge in [-0.2, -0.15) is 0 Å². The van der Waals surface area contributed by atoms with Crippen molar-refractivity contribution < 1.29 is 9.90 Å². The minimum atomic E-state index is -0.366. The molecule has 0 spiro atoms. The zero-order valence-corrected chi connectivity index (χ0v) is 9.74. The molecule has 3 N–H and O–H groups in total. The number of aliphatic hydroxyl groups is 1. The summed E-state index contributed by atoms with van der Waals surface area (Å²) in [5.74, 6) is -0.212. The molecule has 0 saturated carbocycles. The van der Waals surface area contributed by atoms with Crippen LogP contribution in [-0.2, 0) is 4.79 Å². The number of halogens is 1. The summed E-state index contributed by atoms with van der Waals surface area (Å²) in [6.45, 7) is 1.38. The molecule has 0 aromatic heterocycles. The van der Waals surface area contributed by atoms with Gasteiger partial charge in [0.2, 0.25) is 0 Å². The largest absolute Gasteiger partial charge is 0.512 e. The average Bonchev–Trinajstić information content (AvgIpc) is 2.16. The fourth-order valence-electron chi connectivity index (χ4n) is 1.37. The Morgan fingerprint density at radius 2 is 2.31 bits per heavy atom.